The Hall–Kier alpha value is -1.53. The van der Waals surface area contributed by atoms with Gasteiger partial charge in [0.25, 0.3) is 0 Å². The number of benzene rings is 2. The lowest BCUT2D eigenvalue weighted by molar-refractivity contribution is 0.375. The molecule has 0 N–H and O–H groups in total. The van der Waals surface area contributed by atoms with E-state index in [1.165, 1.54) is 33.4 Å². The standard InChI is InChI=1S/C31H49O2P/c1-17(2)20-15-21(18(3)4)23(22(16-20)19(5)6)24-27(32-13)25(30(7,8)9)26(31(10,11)12)28(33-14)29(24)34/h15-19H,34H2,1-14H3. The average Bonchev–Trinajstić information content (AvgIpc) is 2.69. The molecule has 0 spiro atoms. The van der Waals surface area contributed by atoms with Crippen LogP contribution in [-0.4, -0.2) is 14.2 Å². The Balaban J connectivity index is 3.31. The van der Waals surface area contributed by atoms with Crippen molar-refractivity contribution in [3.05, 3.63) is 39.9 Å². The lowest BCUT2D eigenvalue weighted by Gasteiger charge is -2.36. The van der Waals surface area contributed by atoms with Gasteiger partial charge in [-0.25, -0.2) is 0 Å². The number of ether oxygens (including phenoxy) is 2. The predicted molar refractivity (Wildman–Crippen MR) is 154 cm³/mol. The van der Waals surface area contributed by atoms with Crippen molar-refractivity contribution < 1.29 is 9.47 Å². The van der Waals surface area contributed by atoms with Crippen LogP contribution in [0.25, 0.3) is 11.1 Å². The Kier molecular flexibility index (Phi) is 8.63. The van der Waals surface area contributed by atoms with Gasteiger partial charge in [0.15, 0.2) is 0 Å². The quantitative estimate of drug-likeness (QED) is 0.381. The molecule has 0 amide bonds. The zero-order valence-electron chi connectivity index (χ0n) is 24.3. The van der Waals surface area contributed by atoms with Crippen molar-refractivity contribution in [2.24, 2.45) is 0 Å². The van der Waals surface area contributed by atoms with Gasteiger partial charge in [0.2, 0.25) is 0 Å². The van der Waals surface area contributed by atoms with E-state index in [4.69, 9.17) is 9.47 Å². The van der Waals surface area contributed by atoms with Gasteiger partial charge in [-0.15, -0.1) is 9.24 Å². The maximum absolute atomic E-state index is 6.35. The normalized spacial score (nSPS) is 12.8. The number of methoxy groups -OCH3 is 2. The Bertz CT molecular complexity index is 1000. The lowest BCUT2D eigenvalue weighted by atomic mass is 9.72. The molecule has 0 aliphatic rings. The maximum Gasteiger partial charge on any atom is 0.131 e. The summed E-state index contributed by atoms with van der Waals surface area (Å²) in [5, 5.41) is 1.08. The first kappa shape index (κ1) is 28.7. The second-order valence-electron chi connectivity index (χ2n) is 12.6. The van der Waals surface area contributed by atoms with Crippen LogP contribution in [0.3, 0.4) is 0 Å². The van der Waals surface area contributed by atoms with Crippen LogP contribution in [0.2, 0.25) is 0 Å². The van der Waals surface area contributed by atoms with Crippen LogP contribution in [0.15, 0.2) is 12.1 Å². The Morgan fingerprint density at radius 1 is 0.618 bits per heavy atom. The SMILES string of the molecule is COc1c(P)c(-c2c(C(C)C)cc(C(C)C)cc2C(C)C)c(OC)c(C(C)(C)C)c1C(C)(C)C. The van der Waals surface area contributed by atoms with Crippen molar-refractivity contribution in [2.45, 2.75) is 112 Å². The van der Waals surface area contributed by atoms with Gasteiger partial charge < -0.3 is 9.47 Å². The Labute approximate surface area is 212 Å². The molecule has 1 atom stereocenters. The highest BCUT2D eigenvalue weighted by atomic mass is 31.0. The van der Waals surface area contributed by atoms with E-state index >= 15 is 0 Å². The highest BCUT2D eigenvalue weighted by molar-refractivity contribution is 7.28. The van der Waals surface area contributed by atoms with Crippen molar-refractivity contribution in [3.63, 3.8) is 0 Å². The minimum absolute atomic E-state index is 0.103. The fourth-order valence-electron chi connectivity index (χ4n) is 5.06. The predicted octanol–water partition coefficient (Wildman–Crippen LogP) is 8.84. The van der Waals surface area contributed by atoms with E-state index in [9.17, 15) is 0 Å². The summed E-state index contributed by atoms with van der Waals surface area (Å²) in [6, 6.07) is 4.84. The van der Waals surface area contributed by atoms with E-state index in [0.717, 1.165) is 22.4 Å². The lowest BCUT2D eigenvalue weighted by Crippen LogP contribution is -2.27. The van der Waals surface area contributed by atoms with Crippen LogP contribution >= 0.6 is 9.24 Å². The summed E-state index contributed by atoms with van der Waals surface area (Å²) >= 11 is 0. The molecule has 1 unspecified atom stereocenters. The molecule has 190 valence electrons. The first-order valence-electron chi connectivity index (χ1n) is 12.7. The zero-order chi connectivity index (χ0) is 26.3. The van der Waals surface area contributed by atoms with E-state index in [0.29, 0.717) is 17.8 Å². The fraction of sp³-hybridized carbons (Fsp3) is 0.613. The molecule has 2 aromatic rings. The Morgan fingerprint density at radius 2 is 1.00 bits per heavy atom. The minimum Gasteiger partial charge on any atom is -0.496 e. The molecule has 0 bridgehead atoms. The van der Waals surface area contributed by atoms with Crippen LogP contribution in [0.5, 0.6) is 11.5 Å². The van der Waals surface area contributed by atoms with Crippen molar-refractivity contribution in [1.29, 1.82) is 0 Å². The minimum atomic E-state index is -0.123. The van der Waals surface area contributed by atoms with Gasteiger partial charge in [-0.3, -0.25) is 0 Å². The maximum atomic E-state index is 6.35. The molecule has 0 aliphatic heterocycles. The van der Waals surface area contributed by atoms with E-state index < -0.39 is 0 Å². The van der Waals surface area contributed by atoms with Gasteiger partial charge in [0.1, 0.15) is 11.5 Å². The van der Waals surface area contributed by atoms with E-state index in [-0.39, 0.29) is 10.8 Å². The molecular formula is C31H49O2P. The van der Waals surface area contributed by atoms with Crippen LogP contribution in [0.4, 0.5) is 0 Å². The summed E-state index contributed by atoms with van der Waals surface area (Å²) in [6.45, 7) is 27.4. The fourth-order valence-corrected chi connectivity index (χ4v) is 5.60. The molecule has 0 aromatic heterocycles. The summed E-state index contributed by atoms with van der Waals surface area (Å²) in [4.78, 5) is 0. The first-order chi connectivity index (χ1) is 15.5. The third-order valence-electron chi connectivity index (χ3n) is 6.74. The summed E-state index contributed by atoms with van der Waals surface area (Å²) in [5.74, 6) is 3.17. The van der Waals surface area contributed by atoms with Gasteiger partial charge in [0, 0.05) is 22.0 Å². The molecule has 0 radical (unpaired) electrons. The second kappa shape index (κ2) is 10.2. The van der Waals surface area contributed by atoms with E-state index in [1.807, 2.05) is 7.11 Å². The molecule has 2 aromatic carbocycles. The molecule has 0 fully saturated rings. The van der Waals surface area contributed by atoms with Gasteiger partial charge in [-0.1, -0.05) is 95.2 Å². The third kappa shape index (κ3) is 5.33. The summed E-state index contributed by atoms with van der Waals surface area (Å²) in [5.41, 5.74) is 8.85. The van der Waals surface area contributed by atoms with Gasteiger partial charge in [-0.05, 0) is 50.8 Å². The molecule has 0 saturated heterocycles. The van der Waals surface area contributed by atoms with Gasteiger partial charge >= 0.3 is 0 Å². The largest absolute Gasteiger partial charge is 0.496 e. The molecular weight excluding hydrogens is 435 g/mol. The Morgan fingerprint density at radius 3 is 1.29 bits per heavy atom. The van der Waals surface area contributed by atoms with Crippen molar-refractivity contribution in [3.8, 4) is 22.6 Å². The number of rotatable bonds is 6. The van der Waals surface area contributed by atoms with Crippen LogP contribution in [0, 0.1) is 0 Å². The first-order valence-corrected chi connectivity index (χ1v) is 13.3. The third-order valence-corrected chi connectivity index (χ3v) is 7.29. The summed E-state index contributed by atoms with van der Waals surface area (Å²) in [7, 11) is 6.64. The molecule has 2 nitrogen and oxygen atoms in total. The smallest absolute Gasteiger partial charge is 0.131 e. The summed E-state index contributed by atoms with van der Waals surface area (Å²) < 4.78 is 12.5. The molecule has 0 aliphatic carbocycles. The van der Waals surface area contributed by atoms with Crippen molar-refractivity contribution in [1.82, 2.24) is 0 Å². The number of hydrogen-bond donors (Lipinski definition) is 0. The average molecular weight is 485 g/mol. The molecule has 0 heterocycles. The molecule has 0 saturated carbocycles. The van der Waals surface area contributed by atoms with Crippen molar-refractivity contribution in [2.75, 3.05) is 14.2 Å². The molecule has 3 heteroatoms. The number of hydrogen-bond acceptors (Lipinski definition) is 2. The zero-order valence-corrected chi connectivity index (χ0v) is 25.4. The van der Waals surface area contributed by atoms with Crippen LogP contribution in [0.1, 0.15) is 129 Å². The summed E-state index contributed by atoms with van der Waals surface area (Å²) in [6.07, 6.45) is 0. The van der Waals surface area contributed by atoms with E-state index in [2.05, 4.69) is 104 Å². The topological polar surface area (TPSA) is 18.5 Å². The van der Waals surface area contributed by atoms with E-state index in [1.54, 1.807) is 7.11 Å². The van der Waals surface area contributed by atoms with Crippen molar-refractivity contribution >= 4 is 14.5 Å². The highest BCUT2D eigenvalue weighted by Gasteiger charge is 2.37. The van der Waals surface area contributed by atoms with Crippen LogP contribution in [-0.2, 0) is 10.8 Å². The van der Waals surface area contributed by atoms with Gasteiger partial charge in [0.05, 0.1) is 14.2 Å². The molecule has 34 heavy (non-hydrogen) atoms. The second-order valence-corrected chi connectivity index (χ2v) is 13.2. The van der Waals surface area contributed by atoms with Gasteiger partial charge in [-0.2, -0.15) is 0 Å². The monoisotopic (exact) mass is 484 g/mol. The highest BCUT2D eigenvalue weighted by Crippen LogP contribution is 2.51. The molecule has 2 rings (SSSR count). The van der Waals surface area contributed by atoms with Crippen LogP contribution < -0.4 is 14.8 Å².